The van der Waals surface area contributed by atoms with E-state index in [1.54, 1.807) is 5.56 Å². The Kier molecular flexibility index (Phi) is 4.50. The van der Waals surface area contributed by atoms with Crippen LogP contribution in [0.3, 0.4) is 0 Å². The summed E-state index contributed by atoms with van der Waals surface area (Å²) in [4.78, 5) is 0. The SMILES string of the molecule is BBC1CCCC(c2ccc3ccccc3c2)CCC1. The molecule has 0 bridgehead atoms. The molecule has 102 valence electrons. The first kappa shape index (κ1) is 13.8. The lowest BCUT2D eigenvalue weighted by Crippen LogP contribution is -2.10. The minimum atomic E-state index is 0.789. The van der Waals surface area contributed by atoms with E-state index in [1.807, 2.05) is 0 Å². The van der Waals surface area contributed by atoms with Gasteiger partial charge in [0.25, 0.3) is 0 Å². The molecule has 0 unspecified atom stereocenters. The lowest BCUT2D eigenvalue weighted by atomic mass is 9.45. The summed E-state index contributed by atoms with van der Waals surface area (Å²) in [6.07, 6.45) is 8.48. The molecular weight excluding hydrogens is 238 g/mol. The highest BCUT2D eigenvalue weighted by atomic mass is 14.2. The topological polar surface area (TPSA) is 0 Å². The van der Waals surface area contributed by atoms with Crippen LogP contribution in [0.5, 0.6) is 0 Å². The molecule has 1 saturated carbocycles. The minimum absolute atomic E-state index is 0.789. The summed E-state index contributed by atoms with van der Waals surface area (Å²) in [6.45, 7) is 0. The van der Waals surface area contributed by atoms with Gasteiger partial charge in [0.15, 0.2) is 0 Å². The predicted octanol–water partition coefficient (Wildman–Crippen LogP) is 4.05. The first-order valence-corrected chi connectivity index (χ1v) is 8.35. The van der Waals surface area contributed by atoms with Crippen molar-refractivity contribution in [3.63, 3.8) is 0 Å². The summed E-state index contributed by atoms with van der Waals surface area (Å²) in [6, 6.07) is 15.8. The first-order chi connectivity index (χ1) is 9.86. The molecule has 1 aliphatic carbocycles. The van der Waals surface area contributed by atoms with Crippen LogP contribution in [0.4, 0.5) is 0 Å². The Morgan fingerprint density at radius 3 is 2.25 bits per heavy atom. The van der Waals surface area contributed by atoms with E-state index in [-0.39, 0.29) is 0 Å². The molecule has 0 heterocycles. The molecule has 0 saturated heterocycles. The van der Waals surface area contributed by atoms with Gasteiger partial charge in [-0.25, -0.2) is 0 Å². The zero-order valence-electron chi connectivity index (χ0n) is 12.6. The van der Waals surface area contributed by atoms with E-state index >= 15 is 0 Å². The number of hydrogen-bond donors (Lipinski definition) is 0. The van der Waals surface area contributed by atoms with Gasteiger partial charge in [0.05, 0.1) is 14.9 Å². The van der Waals surface area contributed by atoms with E-state index in [0.717, 1.165) is 11.7 Å². The summed E-state index contributed by atoms with van der Waals surface area (Å²) < 4.78 is 0. The molecule has 1 aliphatic rings. The van der Waals surface area contributed by atoms with Crippen molar-refractivity contribution >= 4 is 25.7 Å². The van der Waals surface area contributed by atoms with Crippen molar-refractivity contribution in [1.29, 1.82) is 0 Å². The zero-order valence-corrected chi connectivity index (χ0v) is 12.6. The first-order valence-electron chi connectivity index (χ1n) is 8.35. The minimum Gasteiger partial charge on any atom is -0.0737 e. The molecule has 0 atom stereocenters. The molecule has 0 nitrogen and oxygen atoms in total. The number of hydrogen-bond acceptors (Lipinski definition) is 0. The number of rotatable bonds is 2. The zero-order chi connectivity index (χ0) is 13.8. The maximum Gasteiger partial charge on any atom is 0.0860 e. The van der Waals surface area contributed by atoms with Crippen molar-refractivity contribution in [3.05, 3.63) is 48.0 Å². The second-order valence-corrected chi connectivity index (χ2v) is 6.44. The summed E-state index contributed by atoms with van der Waals surface area (Å²) in [5, 5.41) is 2.77. The molecule has 1 fully saturated rings. The molecule has 2 aromatic carbocycles. The van der Waals surface area contributed by atoms with Gasteiger partial charge in [0.1, 0.15) is 0 Å². The van der Waals surface area contributed by atoms with E-state index in [4.69, 9.17) is 0 Å². The number of fused-ring (bicyclic) bond motifs is 1. The third-order valence-corrected chi connectivity index (χ3v) is 5.15. The monoisotopic (exact) mass is 262 g/mol. The fourth-order valence-corrected chi connectivity index (χ4v) is 3.80. The average molecular weight is 262 g/mol. The molecule has 0 aromatic heterocycles. The van der Waals surface area contributed by atoms with Crippen LogP contribution in [-0.2, 0) is 0 Å². The fourth-order valence-electron chi connectivity index (χ4n) is 3.80. The third-order valence-electron chi connectivity index (χ3n) is 5.15. The molecule has 0 N–H and O–H groups in total. The standard InChI is InChI=1S/C18H24B2/c19-20-18-9-3-7-14(8-4-10-18)17-12-11-15-5-1-2-6-16(15)13-17/h1-2,5-6,11-14,18,20H,3-4,7-10,19H2. The summed E-state index contributed by atoms with van der Waals surface area (Å²) >= 11 is 0. The Balaban J connectivity index is 1.76. The van der Waals surface area contributed by atoms with Crippen molar-refractivity contribution in [2.75, 3.05) is 0 Å². The summed E-state index contributed by atoms with van der Waals surface area (Å²) in [5.74, 6) is 1.78. The van der Waals surface area contributed by atoms with E-state index in [1.165, 1.54) is 56.5 Å². The van der Waals surface area contributed by atoms with Gasteiger partial charge >= 0.3 is 0 Å². The van der Waals surface area contributed by atoms with Gasteiger partial charge in [-0.1, -0.05) is 74.0 Å². The summed E-state index contributed by atoms with van der Waals surface area (Å²) in [7, 11) is 3.73. The van der Waals surface area contributed by atoms with Crippen LogP contribution < -0.4 is 0 Å². The highest BCUT2D eigenvalue weighted by Crippen LogP contribution is 2.35. The van der Waals surface area contributed by atoms with Crippen LogP contribution in [-0.4, -0.2) is 14.9 Å². The number of benzene rings is 2. The highest BCUT2D eigenvalue weighted by Gasteiger charge is 2.17. The van der Waals surface area contributed by atoms with Crippen molar-refractivity contribution in [3.8, 4) is 0 Å². The molecule has 3 rings (SSSR count). The van der Waals surface area contributed by atoms with Crippen LogP contribution in [0, 0.1) is 0 Å². The maximum atomic E-state index is 2.43. The second-order valence-electron chi connectivity index (χ2n) is 6.44. The van der Waals surface area contributed by atoms with Crippen molar-refractivity contribution in [2.45, 2.75) is 50.3 Å². The van der Waals surface area contributed by atoms with Gasteiger partial charge in [-0.15, -0.1) is 0 Å². The van der Waals surface area contributed by atoms with Crippen LogP contribution >= 0.6 is 0 Å². The Labute approximate surface area is 124 Å². The van der Waals surface area contributed by atoms with Crippen molar-refractivity contribution in [1.82, 2.24) is 0 Å². The van der Waals surface area contributed by atoms with Crippen LogP contribution in [0.1, 0.15) is 50.0 Å². The quantitative estimate of drug-likeness (QED) is 0.716. The van der Waals surface area contributed by atoms with E-state index in [9.17, 15) is 0 Å². The molecule has 0 aliphatic heterocycles. The van der Waals surface area contributed by atoms with Crippen LogP contribution in [0.2, 0.25) is 5.82 Å². The smallest absolute Gasteiger partial charge is 0.0737 e. The molecule has 2 heteroatoms. The van der Waals surface area contributed by atoms with Gasteiger partial charge in [-0.2, -0.15) is 0 Å². The molecule has 0 spiro atoms. The van der Waals surface area contributed by atoms with Crippen LogP contribution in [0.15, 0.2) is 42.5 Å². The average Bonchev–Trinajstić information content (AvgIpc) is 2.47. The molecule has 0 amide bonds. The Morgan fingerprint density at radius 1 is 0.850 bits per heavy atom. The predicted molar refractivity (Wildman–Crippen MR) is 93.8 cm³/mol. The van der Waals surface area contributed by atoms with Crippen molar-refractivity contribution < 1.29 is 0 Å². The lowest BCUT2D eigenvalue weighted by molar-refractivity contribution is 0.455. The summed E-state index contributed by atoms with van der Waals surface area (Å²) in [5.41, 5.74) is 1.57. The van der Waals surface area contributed by atoms with Gasteiger partial charge < -0.3 is 0 Å². The maximum absolute atomic E-state index is 2.43. The van der Waals surface area contributed by atoms with E-state index in [2.05, 4.69) is 50.2 Å². The molecule has 2 aromatic rings. The normalized spacial score (nSPS) is 24.0. The van der Waals surface area contributed by atoms with Gasteiger partial charge in [-0.3, -0.25) is 0 Å². The highest BCUT2D eigenvalue weighted by molar-refractivity contribution is 6.90. The molecule has 0 radical (unpaired) electrons. The fraction of sp³-hybridized carbons (Fsp3) is 0.444. The van der Waals surface area contributed by atoms with E-state index in [0.29, 0.717) is 0 Å². The Hall–Kier alpha value is -1.17. The van der Waals surface area contributed by atoms with Crippen molar-refractivity contribution in [2.24, 2.45) is 0 Å². The Morgan fingerprint density at radius 2 is 1.55 bits per heavy atom. The third kappa shape index (κ3) is 3.11. The van der Waals surface area contributed by atoms with Gasteiger partial charge in [-0.05, 0) is 35.1 Å². The lowest BCUT2D eigenvalue weighted by Gasteiger charge is -2.24. The van der Waals surface area contributed by atoms with Gasteiger partial charge in [0, 0.05) is 0 Å². The largest absolute Gasteiger partial charge is 0.0860 e. The van der Waals surface area contributed by atoms with Crippen LogP contribution in [0.25, 0.3) is 10.8 Å². The molecular formula is C18H24B2. The van der Waals surface area contributed by atoms with Gasteiger partial charge in [0.2, 0.25) is 0 Å². The second kappa shape index (κ2) is 6.52. The Bertz CT molecular complexity index is 554. The molecule has 20 heavy (non-hydrogen) atoms. The van der Waals surface area contributed by atoms with E-state index < -0.39 is 0 Å².